The summed E-state index contributed by atoms with van der Waals surface area (Å²) in [5, 5.41) is 10.9. The molecule has 1 aromatic rings. The third-order valence-electron chi connectivity index (χ3n) is 3.16. The summed E-state index contributed by atoms with van der Waals surface area (Å²) in [5.74, 6) is 0. The van der Waals surface area contributed by atoms with Crippen LogP contribution in [0.2, 0.25) is 0 Å². The molecule has 0 radical (unpaired) electrons. The Morgan fingerprint density at radius 3 is 2.47 bits per heavy atom. The lowest BCUT2D eigenvalue weighted by Gasteiger charge is -2.10. The monoisotopic (exact) mass is 292 g/mol. The van der Waals surface area contributed by atoms with E-state index < -0.39 is 0 Å². The number of nitrogens with one attached hydrogen (secondary N) is 2. The molecule has 1 aliphatic rings. The second-order valence-electron chi connectivity index (χ2n) is 4.40. The van der Waals surface area contributed by atoms with Gasteiger partial charge in [0, 0.05) is 28.5 Å². The van der Waals surface area contributed by atoms with E-state index in [4.69, 9.17) is 5.41 Å². The first-order chi connectivity index (χ1) is 8.29. The molecule has 0 bridgehead atoms. The zero-order valence-corrected chi connectivity index (χ0v) is 11.3. The second kappa shape index (κ2) is 6.01. The van der Waals surface area contributed by atoms with Crippen molar-refractivity contribution in [1.29, 1.82) is 5.41 Å². The van der Waals surface area contributed by atoms with E-state index in [1.165, 1.54) is 31.9 Å². The standard InChI is InChI=1S/C14H17BrN2/c15-13-7-5-11(6-8-13)12(9-16)10-17-14-3-1-2-4-14/h5-10,14,16-17H,1-4H2/b12-10+,16-9?. The Kier molecular flexibility index (Phi) is 4.37. The molecule has 0 aliphatic heterocycles. The molecule has 0 aromatic heterocycles. The van der Waals surface area contributed by atoms with Gasteiger partial charge in [-0.05, 0) is 30.5 Å². The van der Waals surface area contributed by atoms with Gasteiger partial charge in [0.1, 0.15) is 0 Å². The maximum Gasteiger partial charge on any atom is 0.0270 e. The topological polar surface area (TPSA) is 35.9 Å². The number of hydrogen-bond acceptors (Lipinski definition) is 2. The quantitative estimate of drug-likeness (QED) is 0.810. The van der Waals surface area contributed by atoms with E-state index in [9.17, 15) is 0 Å². The summed E-state index contributed by atoms with van der Waals surface area (Å²) >= 11 is 3.42. The van der Waals surface area contributed by atoms with Gasteiger partial charge >= 0.3 is 0 Å². The van der Waals surface area contributed by atoms with E-state index in [-0.39, 0.29) is 0 Å². The van der Waals surface area contributed by atoms with Crippen LogP contribution in [0.5, 0.6) is 0 Å². The molecule has 3 heteroatoms. The molecular formula is C14H17BrN2. The van der Waals surface area contributed by atoms with Crippen LogP contribution >= 0.6 is 15.9 Å². The summed E-state index contributed by atoms with van der Waals surface area (Å²) in [5.41, 5.74) is 2.01. The fourth-order valence-corrected chi connectivity index (χ4v) is 2.42. The number of allylic oxidation sites excluding steroid dienone is 1. The zero-order valence-electron chi connectivity index (χ0n) is 9.75. The maximum atomic E-state index is 7.48. The Morgan fingerprint density at radius 1 is 1.24 bits per heavy atom. The van der Waals surface area contributed by atoms with Gasteiger partial charge in [-0.25, -0.2) is 0 Å². The van der Waals surface area contributed by atoms with Crippen molar-refractivity contribution in [2.45, 2.75) is 31.7 Å². The predicted octanol–water partition coefficient (Wildman–Crippen LogP) is 3.97. The molecule has 0 heterocycles. The molecule has 1 aromatic carbocycles. The molecule has 17 heavy (non-hydrogen) atoms. The van der Waals surface area contributed by atoms with Gasteiger partial charge in [-0.1, -0.05) is 40.9 Å². The lowest BCUT2D eigenvalue weighted by Crippen LogP contribution is -2.20. The first kappa shape index (κ1) is 12.4. The van der Waals surface area contributed by atoms with Crippen LogP contribution < -0.4 is 5.32 Å². The van der Waals surface area contributed by atoms with Crippen molar-refractivity contribution in [3.63, 3.8) is 0 Å². The van der Waals surface area contributed by atoms with E-state index in [0.29, 0.717) is 6.04 Å². The fourth-order valence-electron chi connectivity index (χ4n) is 2.15. The van der Waals surface area contributed by atoms with Crippen molar-refractivity contribution in [3.05, 3.63) is 40.5 Å². The number of rotatable bonds is 4. The average molecular weight is 293 g/mol. The Morgan fingerprint density at radius 2 is 1.88 bits per heavy atom. The Balaban J connectivity index is 2.06. The van der Waals surface area contributed by atoms with Crippen LogP contribution in [-0.4, -0.2) is 12.3 Å². The van der Waals surface area contributed by atoms with E-state index in [0.717, 1.165) is 15.6 Å². The van der Waals surface area contributed by atoms with Gasteiger partial charge < -0.3 is 10.7 Å². The molecule has 2 N–H and O–H groups in total. The summed E-state index contributed by atoms with van der Waals surface area (Å²) in [4.78, 5) is 0. The molecule has 0 unspecified atom stereocenters. The maximum absolute atomic E-state index is 7.48. The van der Waals surface area contributed by atoms with Crippen molar-refractivity contribution in [2.75, 3.05) is 0 Å². The van der Waals surface area contributed by atoms with Crippen LogP contribution in [0.4, 0.5) is 0 Å². The normalized spacial score (nSPS) is 17.1. The minimum Gasteiger partial charge on any atom is -0.388 e. The molecule has 1 aliphatic carbocycles. The zero-order chi connectivity index (χ0) is 12.1. The molecule has 0 atom stereocenters. The second-order valence-corrected chi connectivity index (χ2v) is 5.31. The molecule has 90 valence electrons. The highest BCUT2D eigenvalue weighted by Crippen LogP contribution is 2.19. The Bertz CT molecular complexity index is 403. The van der Waals surface area contributed by atoms with Crippen molar-refractivity contribution in [1.82, 2.24) is 5.32 Å². The molecule has 2 nitrogen and oxygen atoms in total. The molecular weight excluding hydrogens is 276 g/mol. The fraction of sp³-hybridized carbons (Fsp3) is 0.357. The van der Waals surface area contributed by atoms with Gasteiger partial charge in [0.2, 0.25) is 0 Å². The summed E-state index contributed by atoms with van der Waals surface area (Å²) < 4.78 is 1.06. The van der Waals surface area contributed by atoms with Crippen molar-refractivity contribution in [2.24, 2.45) is 0 Å². The molecule has 0 amide bonds. The number of benzene rings is 1. The molecule has 0 spiro atoms. The van der Waals surface area contributed by atoms with E-state index in [1.807, 2.05) is 30.5 Å². The third kappa shape index (κ3) is 3.43. The van der Waals surface area contributed by atoms with Crippen molar-refractivity contribution >= 4 is 27.7 Å². The van der Waals surface area contributed by atoms with Gasteiger partial charge in [-0.2, -0.15) is 0 Å². The van der Waals surface area contributed by atoms with Crippen LogP contribution in [0.15, 0.2) is 34.9 Å². The summed E-state index contributed by atoms with van der Waals surface area (Å²) in [6, 6.07) is 8.65. The molecule has 1 saturated carbocycles. The average Bonchev–Trinajstić information content (AvgIpc) is 2.85. The summed E-state index contributed by atoms with van der Waals surface area (Å²) in [6.07, 6.45) is 8.54. The van der Waals surface area contributed by atoms with Crippen LogP contribution in [-0.2, 0) is 0 Å². The number of hydrogen-bond donors (Lipinski definition) is 2. The molecule has 1 fully saturated rings. The van der Waals surface area contributed by atoms with Gasteiger partial charge in [-0.15, -0.1) is 0 Å². The van der Waals surface area contributed by atoms with Crippen molar-refractivity contribution in [3.8, 4) is 0 Å². The minimum atomic E-state index is 0.598. The van der Waals surface area contributed by atoms with E-state index in [1.54, 1.807) is 0 Å². The number of halogens is 1. The third-order valence-corrected chi connectivity index (χ3v) is 3.69. The lowest BCUT2D eigenvalue weighted by atomic mass is 10.1. The Labute approximate surface area is 111 Å². The largest absolute Gasteiger partial charge is 0.388 e. The highest BCUT2D eigenvalue weighted by Gasteiger charge is 2.12. The SMILES string of the molecule is N=C/C(=C\NC1CCCC1)c1ccc(Br)cc1. The van der Waals surface area contributed by atoms with Gasteiger partial charge in [-0.3, -0.25) is 0 Å². The van der Waals surface area contributed by atoms with Crippen LogP contribution in [0.25, 0.3) is 5.57 Å². The Hall–Kier alpha value is -1.09. The summed E-state index contributed by atoms with van der Waals surface area (Å²) in [6.45, 7) is 0. The van der Waals surface area contributed by atoms with Crippen LogP contribution in [0.3, 0.4) is 0 Å². The van der Waals surface area contributed by atoms with Gasteiger partial charge in [0.15, 0.2) is 0 Å². The smallest absolute Gasteiger partial charge is 0.0270 e. The van der Waals surface area contributed by atoms with Gasteiger partial charge in [0.25, 0.3) is 0 Å². The first-order valence-electron chi connectivity index (χ1n) is 6.02. The van der Waals surface area contributed by atoms with E-state index in [2.05, 4.69) is 21.2 Å². The summed E-state index contributed by atoms with van der Waals surface area (Å²) in [7, 11) is 0. The van der Waals surface area contributed by atoms with Crippen LogP contribution in [0, 0.1) is 5.41 Å². The molecule has 2 rings (SSSR count). The highest BCUT2D eigenvalue weighted by atomic mass is 79.9. The van der Waals surface area contributed by atoms with Crippen molar-refractivity contribution < 1.29 is 0 Å². The minimum absolute atomic E-state index is 0.598. The van der Waals surface area contributed by atoms with E-state index >= 15 is 0 Å². The van der Waals surface area contributed by atoms with Crippen LogP contribution in [0.1, 0.15) is 31.2 Å². The van der Waals surface area contributed by atoms with Gasteiger partial charge in [0.05, 0.1) is 0 Å². The molecule has 0 saturated heterocycles. The first-order valence-corrected chi connectivity index (χ1v) is 6.81. The highest BCUT2D eigenvalue weighted by molar-refractivity contribution is 9.10. The predicted molar refractivity (Wildman–Crippen MR) is 76.3 cm³/mol. The lowest BCUT2D eigenvalue weighted by molar-refractivity contribution is 0.609.